The maximum atomic E-state index is 5.99. The number of likely N-dealkylation sites (tertiary alicyclic amines) is 1. The number of rotatable bonds is 4. The van der Waals surface area contributed by atoms with Crippen molar-refractivity contribution in [2.24, 2.45) is 10.7 Å². The zero-order valence-electron chi connectivity index (χ0n) is 11.7. The molecule has 0 aromatic rings. The number of likely N-dealkylation sites (N-methyl/N-ethyl adjacent to an activating group) is 1. The van der Waals surface area contributed by atoms with Gasteiger partial charge in [0.1, 0.15) is 0 Å². The van der Waals surface area contributed by atoms with E-state index in [1.165, 1.54) is 51.5 Å². The lowest BCUT2D eigenvalue weighted by atomic mass is 9.96. The van der Waals surface area contributed by atoms with Gasteiger partial charge in [-0.15, -0.1) is 0 Å². The average Bonchev–Trinajstić information content (AvgIpc) is 2.85. The summed E-state index contributed by atoms with van der Waals surface area (Å²) < 4.78 is 0. The number of guanidine groups is 1. The molecule has 2 rings (SSSR count). The molecular formula is C14H28N4. The molecule has 4 heteroatoms. The minimum Gasteiger partial charge on any atom is -0.370 e. The molecule has 18 heavy (non-hydrogen) atoms. The van der Waals surface area contributed by atoms with Gasteiger partial charge in [0.15, 0.2) is 5.96 Å². The normalized spacial score (nSPS) is 27.6. The van der Waals surface area contributed by atoms with Crippen LogP contribution in [0.5, 0.6) is 0 Å². The van der Waals surface area contributed by atoms with Gasteiger partial charge in [-0.1, -0.05) is 26.2 Å². The molecule has 0 radical (unpaired) electrons. The molecule has 2 aliphatic rings. The lowest BCUT2D eigenvalue weighted by Crippen LogP contribution is -2.42. The van der Waals surface area contributed by atoms with Crippen LogP contribution in [0.3, 0.4) is 0 Å². The predicted molar refractivity (Wildman–Crippen MR) is 76.8 cm³/mol. The molecule has 2 fully saturated rings. The van der Waals surface area contributed by atoms with Crippen LogP contribution in [0.2, 0.25) is 0 Å². The van der Waals surface area contributed by atoms with Crippen molar-refractivity contribution in [3.63, 3.8) is 0 Å². The van der Waals surface area contributed by atoms with Gasteiger partial charge in [0.05, 0.1) is 6.54 Å². The molecule has 1 heterocycles. The number of aliphatic imine (C=N–C) groups is 1. The number of nitrogens with two attached hydrogens (primary N) is 1. The number of nitrogens with one attached hydrogen (secondary N) is 1. The Hall–Kier alpha value is -0.770. The summed E-state index contributed by atoms with van der Waals surface area (Å²) >= 11 is 0. The second kappa shape index (κ2) is 6.98. The van der Waals surface area contributed by atoms with Crippen molar-refractivity contribution < 1.29 is 0 Å². The summed E-state index contributed by atoms with van der Waals surface area (Å²) in [6.07, 6.45) is 9.12. The third kappa shape index (κ3) is 3.87. The van der Waals surface area contributed by atoms with E-state index in [9.17, 15) is 0 Å². The number of hydrogen-bond acceptors (Lipinski definition) is 2. The summed E-state index contributed by atoms with van der Waals surface area (Å²) in [6, 6.07) is 1.18. The van der Waals surface area contributed by atoms with E-state index in [2.05, 4.69) is 22.1 Å². The second-order valence-electron chi connectivity index (χ2n) is 5.63. The van der Waals surface area contributed by atoms with Gasteiger partial charge in [-0.3, -0.25) is 9.89 Å². The largest absolute Gasteiger partial charge is 0.370 e. The molecule has 0 spiro atoms. The van der Waals surface area contributed by atoms with Gasteiger partial charge < -0.3 is 11.1 Å². The Morgan fingerprint density at radius 1 is 1.22 bits per heavy atom. The van der Waals surface area contributed by atoms with Crippen LogP contribution in [-0.4, -0.2) is 42.6 Å². The smallest absolute Gasteiger partial charge is 0.188 e. The Bertz CT molecular complexity index is 271. The fourth-order valence-electron chi connectivity index (χ4n) is 3.22. The van der Waals surface area contributed by atoms with Crippen molar-refractivity contribution >= 4 is 5.96 Å². The zero-order valence-corrected chi connectivity index (χ0v) is 11.7. The summed E-state index contributed by atoms with van der Waals surface area (Å²) in [5, 5.41) is 3.38. The highest BCUT2D eigenvalue weighted by Gasteiger charge is 2.22. The third-order valence-corrected chi connectivity index (χ3v) is 4.33. The van der Waals surface area contributed by atoms with E-state index in [0.717, 1.165) is 13.1 Å². The van der Waals surface area contributed by atoms with Crippen LogP contribution < -0.4 is 11.1 Å². The molecule has 0 amide bonds. The molecule has 1 saturated carbocycles. The number of hydrogen-bond donors (Lipinski definition) is 2. The first-order valence-electron chi connectivity index (χ1n) is 7.60. The Labute approximate surface area is 111 Å². The van der Waals surface area contributed by atoms with E-state index in [1.807, 2.05) is 0 Å². The summed E-state index contributed by atoms with van der Waals surface area (Å²) in [7, 11) is 0. The van der Waals surface area contributed by atoms with Crippen LogP contribution in [0.4, 0.5) is 0 Å². The SMILES string of the molecule is CCN1CCCC1CN=C(N)NC1CCCCC1. The molecule has 0 aromatic heterocycles. The average molecular weight is 252 g/mol. The van der Waals surface area contributed by atoms with E-state index in [-0.39, 0.29) is 0 Å². The molecule has 104 valence electrons. The van der Waals surface area contributed by atoms with E-state index in [4.69, 9.17) is 5.73 Å². The van der Waals surface area contributed by atoms with E-state index in [1.54, 1.807) is 0 Å². The fraction of sp³-hybridized carbons (Fsp3) is 0.929. The topological polar surface area (TPSA) is 53.6 Å². The monoisotopic (exact) mass is 252 g/mol. The first kappa shape index (κ1) is 13.7. The molecule has 0 aromatic carbocycles. The molecule has 1 aliphatic carbocycles. The van der Waals surface area contributed by atoms with Gasteiger partial charge in [-0.05, 0) is 38.8 Å². The van der Waals surface area contributed by atoms with Crippen molar-refractivity contribution in [3.8, 4) is 0 Å². The van der Waals surface area contributed by atoms with E-state index >= 15 is 0 Å². The highest BCUT2D eigenvalue weighted by molar-refractivity contribution is 5.78. The van der Waals surface area contributed by atoms with Gasteiger partial charge in [0, 0.05) is 12.1 Å². The summed E-state index contributed by atoms with van der Waals surface area (Å²) in [6.45, 7) is 5.45. The second-order valence-corrected chi connectivity index (χ2v) is 5.63. The highest BCUT2D eigenvalue weighted by Crippen LogP contribution is 2.18. The maximum absolute atomic E-state index is 5.99. The summed E-state index contributed by atoms with van der Waals surface area (Å²) in [4.78, 5) is 7.05. The third-order valence-electron chi connectivity index (χ3n) is 4.33. The van der Waals surface area contributed by atoms with Gasteiger partial charge >= 0.3 is 0 Å². The minimum absolute atomic E-state index is 0.563. The molecule has 4 nitrogen and oxygen atoms in total. The van der Waals surface area contributed by atoms with Crippen LogP contribution in [0.25, 0.3) is 0 Å². The van der Waals surface area contributed by atoms with Crippen LogP contribution in [0.1, 0.15) is 51.9 Å². The lowest BCUT2D eigenvalue weighted by molar-refractivity contribution is 0.273. The molecule has 1 atom stereocenters. The standard InChI is InChI=1S/C14H28N4/c1-2-18-10-6-9-13(18)11-16-14(15)17-12-7-4-3-5-8-12/h12-13H,2-11H2,1H3,(H3,15,16,17). The molecule has 1 saturated heterocycles. The highest BCUT2D eigenvalue weighted by atomic mass is 15.2. The van der Waals surface area contributed by atoms with E-state index in [0.29, 0.717) is 18.0 Å². The Kier molecular flexibility index (Phi) is 5.29. The van der Waals surface area contributed by atoms with Crippen molar-refractivity contribution in [2.45, 2.75) is 64.0 Å². The quantitative estimate of drug-likeness (QED) is 0.591. The van der Waals surface area contributed by atoms with Crippen LogP contribution in [0, 0.1) is 0 Å². The van der Waals surface area contributed by atoms with Crippen molar-refractivity contribution in [1.82, 2.24) is 10.2 Å². The number of nitrogens with zero attached hydrogens (tertiary/aromatic N) is 2. The first-order valence-corrected chi connectivity index (χ1v) is 7.60. The van der Waals surface area contributed by atoms with Crippen LogP contribution in [-0.2, 0) is 0 Å². The zero-order chi connectivity index (χ0) is 12.8. The molecule has 1 unspecified atom stereocenters. The maximum Gasteiger partial charge on any atom is 0.188 e. The Morgan fingerprint density at radius 2 is 2.00 bits per heavy atom. The molecule has 0 bridgehead atoms. The lowest BCUT2D eigenvalue weighted by Gasteiger charge is -2.24. The summed E-state index contributed by atoms with van der Waals surface area (Å²) in [5.41, 5.74) is 5.99. The summed E-state index contributed by atoms with van der Waals surface area (Å²) in [5.74, 6) is 0.657. The first-order chi connectivity index (χ1) is 8.79. The van der Waals surface area contributed by atoms with Crippen molar-refractivity contribution in [2.75, 3.05) is 19.6 Å². The molecule has 3 N–H and O–H groups in total. The minimum atomic E-state index is 0.563. The predicted octanol–water partition coefficient (Wildman–Crippen LogP) is 1.71. The Balaban J connectivity index is 1.74. The fourth-order valence-corrected chi connectivity index (χ4v) is 3.22. The van der Waals surface area contributed by atoms with Crippen molar-refractivity contribution in [3.05, 3.63) is 0 Å². The van der Waals surface area contributed by atoms with E-state index < -0.39 is 0 Å². The van der Waals surface area contributed by atoms with Crippen molar-refractivity contribution in [1.29, 1.82) is 0 Å². The van der Waals surface area contributed by atoms with Gasteiger partial charge in [0.25, 0.3) is 0 Å². The molecule has 1 aliphatic heterocycles. The van der Waals surface area contributed by atoms with Gasteiger partial charge in [0.2, 0.25) is 0 Å². The van der Waals surface area contributed by atoms with Crippen LogP contribution in [0.15, 0.2) is 4.99 Å². The van der Waals surface area contributed by atoms with Gasteiger partial charge in [-0.25, -0.2) is 0 Å². The van der Waals surface area contributed by atoms with Crippen LogP contribution >= 0.6 is 0 Å². The molecular weight excluding hydrogens is 224 g/mol. The Morgan fingerprint density at radius 3 is 2.72 bits per heavy atom. The van der Waals surface area contributed by atoms with Gasteiger partial charge in [-0.2, -0.15) is 0 Å².